The smallest absolute Gasteiger partial charge is 0.305 e. The lowest BCUT2D eigenvalue weighted by molar-refractivity contribution is -0.296. The van der Waals surface area contributed by atoms with Crippen molar-refractivity contribution in [2.75, 3.05) is 34.4 Å². The summed E-state index contributed by atoms with van der Waals surface area (Å²) in [6.45, 7) is 6.35. The van der Waals surface area contributed by atoms with Crippen LogP contribution in [0.15, 0.2) is 48.2 Å². The van der Waals surface area contributed by atoms with E-state index in [1.807, 2.05) is 6.92 Å². The zero-order chi connectivity index (χ0) is 38.2. The number of ether oxygens (including phenoxy) is 4. The fourth-order valence-electron chi connectivity index (χ4n) is 12.8. The summed E-state index contributed by atoms with van der Waals surface area (Å²) >= 11 is 0. The number of ketones is 1. The van der Waals surface area contributed by atoms with Crippen LogP contribution in [0, 0.1) is 29.6 Å². The number of likely N-dealkylation sites (N-methyl/N-ethyl adjacent to an activating group) is 2. The molecule has 8 heterocycles. The summed E-state index contributed by atoms with van der Waals surface area (Å²) in [5, 5.41) is 2.62. The second-order valence-electron chi connectivity index (χ2n) is 17.7. The number of aromatic nitrogens is 2. The van der Waals surface area contributed by atoms with Gasteiger partial charge in [-0.05, 0) is 93.8 Å². The van der Waals surface area contributed by atoms with Crippen molar-refractivity contribution in [1.82, 2.24) is 18.9 Å². The fraction of sp³-hybridized carbons (Fsp3) is 0.556. The molecule has 0 amide bonds. The van der Waals surface area contributed by atoms with E-state index in [1.165, 1.54) is 45.7 Å². The molecular weight excluding hydrogens is 693 g/mol. The monoisotopic (exact) mass is 746 g/mol. The summed E-state index contributed by atoms with van der Waals surface area (Å²) in [6, 6.07) is 14.5. The number of hydrogen-bond acceptors (Lipinski definition) is 8. The molecule has 0 saturated carbocycles. The summed E-state index contributed by atoms with van der Waals surface area (Å²) < 4.78 is 30.0. The minimum absolute atomic E-state index is 0.0848. The predicted octanol–water partition coefficient (Wildman–Crippen LogP) is 6.42. The molecule has 2 aromatic heterocycles. The Morgan fingerprint density at radius 1 is 0.836 bits per heavy atom. The summed E-state index contributed by atoms with van der Waals surface area (Å²) in [4.78, 5) is 30.7. The van der Waals surface area contributed by atoms with Crippen LogP contribution >= 0.6 is 0 Å². The number of nitrogens with zero attached hydrogens (tertiary/aromatic N) is 4. The molecule has 10 nitrogen and oxygen atoms in total. The normalized spacial score (nSPS) is 33.9. The lowest BCUT2D eigenvalue weighted by atomic mass is 9.62. The van der Waals surface area contributed by atoms with E-state index in [9.17, 15) is 9.59 Å². The topological polar surface area (TPSA) is 87.4 Å². The van der Waals surface area contributed by atoms with E-state index < -0.39 is 5.79 Å². The van der Waals surface area contributed by atoms with Crippen molar-refractivity contribution >= 4 is 33.6 Å². The van der Waals surface area contributed by atoms with Crippen molar-refractivity contribution in [3.05, 3.63) is 76.3 Å². The van der Waals surface area contributed by atoms with Crippen LogP contribution in [0.1, 0.15) is 73.8 Å². The standard InChI is InChI=1S/C45H54N4O6/c1-23(50)32-20-53-21-33-27(32)15-40-44-31(18-37(33)46(40)4)29-13-25(42(52-8)19-39(29)49(44)7)14-35-28-16-41-43-30(26-11-9-10-12-36(26)48(43)6)17-38(47(41)5)34(28)22-54-45(35,3)55-24(2)51/h9-13,19-20,27-28,33-35,37-38,40-41H,14-18,21-22H2,1-8H3/t27-,28+,33+,34+,35-,37-,38-,40+,41-,45+/m0/s1. The first-order valence-electron chi connectivity index (χ1n) is 20.2. The zero-order valence-electron chi connectivity index (χ0n) is 33.4. The Labute approximate surface area is 323 Å². The number of Topliss-reactive ketones (excluding diaryl/α,β-unsaturated/α-hetero) is 1. The minimum Gasteiger partial charge on any atom is -0.500 e. The third kappa shape index (κ3) is 4.96. The van der Waals surface area contributed by atoms with Gasteiger partial charge in [-0.2, -0.15) is 0 Å². The Hall–Kier alpha value is -4.12. The summed E-state index contributed by atoms with van der Waals surface area (Å²) in [7, 11) is 10.7. The number of piperidine rings is 2. The largest absolute Gasteiger partial charge is 0.500 e. The summed E-state index contributed by atoms with van der Waals surface area (Å²) in [5.41, 5.74) is 10.0. The number of allylic oxidation sites excluding steroid dienone is 1. The van der Waals surface area contributed by atoms with Crippen LogP contribution in [0.4, 0.5) is 0 Å². The molecule has 10 heteroatoms. The Morgan fingerprint density at radius 3 is 2.22 bits per heavy atom. The Kier molecular flexibility index (Phi) is 7.98. The quantitative estimate of drug-likeness (QED) is 0.217. The molecule has 6 aliphatic rings. The Balaban J connectivity index is 1.06. The number of esters is 1. The molecule has 0 radical (unpaired) electrons. The number of para-hydroxylation sites is 1. The average Bonchev–Trinajstić information content (AvgIpc) is 3.58. The van der Waals surface area contributed by atoms with E-state index in [4.69, 9.17) is 18.9 Å². The van der Waals surface area contributed by atoms with Gasteiger partial charge >= 0.3 is 5.97 Å². The molecule has 2 aromatic carbocycles. The Bertz CT molecular complexity index is 2300. The van der Waals surface area contributed by atoms with Gasteiger partial charge in [-0.3, -0.25) is 19.4 Å². The molecule has 3 fully saturated rings. The van der Waals surface area contributed by atoms with Gasteiger partial charge in [-0.15, -0.1) is 0 Å². The maximum Gasteiger partial charge on any atom is 0.305 e. The van der Waals surface area contributed by atoms with Gasteiger partial charge in [0.05, 0.1) is 44.2 Å². The van der Waals surface area contributed by atoms with E-state index in [1.54, 1.807) is 20.3 Å². The molecule has 0 aliphatic carbocycles. The molecule has 4 bridgehead atoms. The van der Waals surface area contributed by atoms with Gasteiger partial charge in [0, 0.05) is 97.1 Å². The SMILES string of the molecule is COc1cc2c(cc1C[C@H]1[C@@H]3C[C@H]4c5c(c6ccccc6n5C)C[C@@H]([C@@H]3CO[C@]1(C)OC(C)=O)N4C)c1c(n2C)[C@H]2C[C@H]3C(C(C)=O)=COC[C@H]3[C@H](C1)N2C. The van der Waals surface area contributed by atoms with Gasteiger partial charge in [-0.25, -0.2) is 0 Å². The van der Waals surface area contributed by atoms with E-state index in [-0.39, 0.29) is 59.5 Å². The maximum atomic E-state index is 12.8. The van der Waals surface area contributed by atoms with Crippen LogP contribution < -0.4 is 4.74 Å². The molecule has 0 spiro atoms. The van der Waals surface area contributed by atoms with Gasteiger partial charge in [0.25, 0.3) is 0 Å². The third-order valence-electron chi connectivity index (χ3n) is 15.4. The van der Waals surface area contributed by atoms with Crippen LogP contribution in [-0.4, -0.2) is 83.0 Å². The van der Waals surface area contributed by atoms with E-state index in [0.29, 0.717) is 25.7 Å². The molecule has 4 aromatic rings. The van der Waals surface area contributed by atoms with Crippen LogP contribution in [0.3, 0.4) is 0 Å². The van der Waals surface area contributed by atoms with Crippen molar-refractivity contribution in [2.45, 2.75) is 82.8 Å². The molecule has 10 atom stereocenters. The molecule has 10 rings (SSSR count). The number of aryl methyl sites for hydroxylation is 2. The minimum atomic E-state index is -1.08. The van der Waals surface area contributed by atoms with Crippen molar-refractivity contribution < 1.29 is 28.5 Å². The number of methoxy groups -OCH3 is 1. The van der Waals surface area contributed by atoms with Crippen LogP contribution in [0.5, 0.6) is 5.75 Å². The predicted molar refractivity (Wildman–Crippen MR) is 210 cm³/mol. The van der Waals surface area contributed by atoms with Crippen LogP contribution in [-0.2, 0) is 57.2 Å². The molecule has 0 N–H and O–H groups in total. The van der Waals surface area contributed by atoms with Crippen molar-refractivity contribution in [2.24, 2.45) is 43.7 Å². The van der Waals surface area contributed by atoms with Crippen LogP contribution in [0.25, 0.3) is 21.8 Å². The first-order chi connectivity index (χ1) is 26.4. The highest BCUT2D eigenvalue weighted by Crippen LogP contribution is 2.56. The highest BCUT2D eigenvalue weighted by Gasteiger charge is 2.58. The van der Waals surface area contributed by atoms with Crippen molar-refractivity contribution in [3.63, 3.8) is 0 Å². The van der Waals surface area contributed by atoms with E-state index >= 15 is 0 Å². The Morgan fingerprint density at radius 2 is 1.51 bits per heavy atom. The second kappa shape index (κ2) is 12.4. The maximum absolute atomic E-state index is 12.8. The molecule has 3 saturated heterocycles. The number of carbonyl (C=O) groups is 2. The number of hydrogen-bond donors (Lipinski definition) is 0. The molecule has 0 unspecified atom stereocenters. The van der Waals surface area contributed by atoms with Gasteiger partial charge < -0.3 is 28.1 Å². The first kappa shape index (κ1) is 35.3. The van der Waals surface area contributed by atoms with Gasteiger partial charge in [0.15, 0.2) is 5.78 Å². The van der Waals surface area contributed by atoms with E-state index in [0.717, 1.165) is 48.1 Å². The number of carbonyl (C=O) groups excluding carboxylic acids is 2. The molecule has 55 heavy (non-hydrogen) atoms. The van der Waals surface area contributed by atoms with Gasteiger partial charge in [-0.1, -0.05) is 18.2 Å². The highest BCUT2D eigenvalue weighted by atomic mass is 16.7. The lowest BCUT2D eigenvalue weighted by Gasteiger charge is -2.58. The van der Waals surface area contributed by atoms with Gasteiger partial charge in [0.2, 0.25) is 5.79 Å². The number of benzene rings is 2. The molecular formula is C45H54N4O6. The molecule has 290 valence electrons. The summed E-state index contributed by atoms with van der Waals surface area (Å²) in [5.74, 6) is 0.496. The average molecular weight is 747 g/mol. The zero-order valence-corrected chi connectivity index (χ0v) is 33.4. The summed E-state index contributed by atoms with van der Waals surface area (Å²) in [6.07, 6.45) is 6.12. The number of fused-ring (bicyclic) bond motifs is 16. The fourth-order valence-corrected chi connectivity index (χ4v) is 12.8. The molecule has 6 aliphatic heterocycles. The second-order valence-corrected chi connectivity index (χ2v) is 17.7. The lowest BCUT2D eigenvalue weighted by Crippen LogP contribution is -2.62. The number of rotatable bonds is 5. The van der Waals surface area contributed by atoms with Crippen LogP contribution in [0.2, 0.25) is 0 Å². The highest BCUT2D eigenvalue weighted by molar-refractivity contribution is 5.94. The van der Waals surface area contributed by atoms with E-state index in [2.05, 4.69) is 83.5 Å². The van der Waals surface area contributed by atoms with Crippen molar-refractivity contribution in [1.29, 1.82) is 0 Å². The first-order valence-corrected chi connectivity index (χ1v) is 20.2. The van der Waals surface area contributed by atoms with Gasteiger partial charge in [0.1, 0.15) is 5.75 Å². The third-order valence-corrected chi connectivity index (χ3v) is 15.4. The van der Waals surface area contributed by atoms with Crippen molar-refractivity contribution in [3.8, 4) is 5.75 Å².